The second kappa shape index (κ2) is 5.80. The second-order valence-corrected chi connectivity index (χ2v) is 4.31. The van der Waals surface area contributed by atoms with Crippen molar-refractivity contribution in [2.75, 3.05) is 17.7 Å². The van der Waals surface area contributed by atoms with Gasteiger partial charge < -0.3 is 15.8 Å². The summed E-state index contributed by atoms with van der Waals surface area (Å²) in [5.41, 5.74) is 7.70. The number of nitrogens with two attached hydrogens (primary N) is 1. The van der Waals surface area contributed by atoms with Gasteiger partial charge in [-0.15, -0.1) is 0 Å². The summed E-state index contributed by atoms with van der Waals surface area (Å²) in [4.78, 5) is 0. The lowest BCUT2D eigenvalue weighted by atomic mass is 10.2. The van der Waals surface area contributed by atoms with E-state index in [2.05, 4.69) is 5.32 Å². The summed E-state index contributed by atoms with van der Waals surface area (Å²) in [5.74, 6) is 0.119. The van der Waals surface area contributed by atoms with Crippen molar-refractivity contribution in [2.24, 2.45) is 0 Å². The third-order valence-corrected chi connectivity index (χ3v) is 2.87. The molecule has 0 heterocycles. The topological polar surface area (TPSA) is 47.3 Å². The molecule has 19 heavy (non-hydrogen) atoms. The molecule has 2 rings (SSSR count). The first-order valence-electron chi connectivity index (χ1n) is 5.85. The molecule has 0 saturated carbocycles. The molecular formula is C14H14ClFN2O. The number of nitrogen functional groups attached to an aromatic ring is 1. The first-order chi connectivity index (χ1) is 9.11. The number of anilines is 3. The molecule has 3 nitrogen and oxygen atoms in total. The summed E-state index contributed by atoms with van der Waals surface area (Å²) in [7, 11) is 0. The van der Waals surface area contributed by atoms with E-state index < -0.39 is 5.82 Å². The Morgan fingerprint density at radius 2 is 2.11 bits per heavy atom. The zero-order valence-corrected chi connectivity index (χ0v) is 11.2. The maximum Gasteiger partial charge on any atom is 0.144 e. The first kappa shape index (κ1) is 13.5. The lowest BCUT2D eigenvalue weighted by Crippen LogP contribution is -2.01. The van der Waals surface area contributed by atoms with E-state index in [-0.39, 0.29) is 5.02 Å². The van der Waals surface area contributed by atoms with Gasteiger partial charge in [0.05, 0.1) is 23.0 Å². The number of hydrogen-bond acceptors (Lipinski definition) is 3. The quantitative estimate of drug-likeness (QED) is 0.825. The van der Waals surface area contributed by atoms with Crippen LogP contribution in [0.25, 0.3) is 0 Å². The molecule has 0 bridgehead atoms. The number of nitrogens with one attached hydrogen (secondary N) is 1. The Labute approximate surface area is 116 Å². The van der Waals surface area contributed by atoms with Gasteiger partial charge in [0.25, 0.3) is 0 Å². The van der Waals surface area contributed by atoms with Gasteiger partial charge >= 0.3 is 0 Å². The highest BCUT2D eigenvalue weighted by Crippen LogP contribution is 2.32. The fourth-order valence-corrected chi connectivity index (χ4v) is 1.78. The van der Waals surface area contributed by atoms with E-state index in [9.17, 15) is 4.39 Å². The van der Waals surface area contributed by atoms with E-state index in [4.69, 9.17) is 22.1 Å². The third-order valence-electron chi connectivity index (χ3n) is 2.56. The maximum absolute atomic E-state index is 13.4. The molecule has 5 heteroatoms. The lowest BCUT2D eigenvalue weighted by molar-refractivity contribution is 0.342. The van der Waals surface area contributed by atoms with Crippen LogP contribution in [0.15, 0.2) is 36.4 Å². The maximum atomic E-state index is 13.4. The molecule has 0 saturated heterocycles. The highest BCUT2D eigenvalue weighted by atomic mass is 35.5. The molecule has 0 fully saturated rings. The van der Waals surface area contributed by atoms with Crippen LogP contribution in [-0.4, -0.2) is 6.61 Å². The van der Waals surface area contributed by atoms with Gasteiger partial charge in [0.15, 0.2) is 0 Å². The number of halogens is 2. The Morgan fingerprint density at radius 3 is 2.79 bits per heavy atom. The number of hydrogen-bond donors (Lipinski definition) is 2. The molecule has 0 amide bonds. The average molecular weight is 281 g/mol. The van der Waals surface area contributed by atoms with Crippen LogP contribution in [0.3, 0.4) is 0 Å². The van der Waals surface area contributed by atoms with Crippen molar-refractivity contribution in [1.82, 2.24) is 0 Å². The van der Waals surface area contributed by atoms with Crippen LogP contribution in [0.5, 0.6) is 5.75 Å². The van der Waals surface area contributed by atoms with Crippen LogP contribution in [0.1, 0.15) is 6.92 Å². The van der Waals surface area contributed by atoms with Crippen LogP contribution in [0.2, 0.25) is 5.02 Å². The van der Waals surface area contributed by atoms with E-state index in [1.165, 1.54) is 12.1 Å². The van der Waals surface area contributed by atoms with Gasteiger partial charge in [-0.3, -0.25) is 0 Å². The average Bonchev–Trinajstić information content (AvgIpc) is 2.39. The normalized spacial score (nSPS) is 10.3. The number of benzene rings is 2. The van der Waals surface area contributed by atoms with Crippen molar-refractivity contribution in [3.8, 4) is 5.75 Å². The molecule has 0 aliphatic carbocycles. The number of ether oxygens (including phenoxy) is 1. The van der Waals surface area contributed by atoms with Crippen LogP contribution in [0, 0.1) is 5.82 Å². The minimum Gasteiger partial charge on any atom is -0.492 e. The zero-order chi connectivity index (χ0) is 13.8. The summed E-state index contributed by atoms with van der Waals surface area (Å²) in [5, 5.41) is 3.12. The summed E-state index contributed by atoms with van der Waals surface area (Å²) in [6.45, 7) is 2.41. The molecular weight excluding hydrogens is 267 g/mol. The van der Waals surface area contributed by atoms with Gasteiger partial charge in [-0.1, -0.05) is 17.7 Å². The third kappa shape index (κ3) is 3.09. The lowest BCUT2D eigenvalue weighted by Gasteiger charge is -2.13. The van der Waals surface area contributed by atoms with Crippen LogP contribution >= 0.6 is 11.6 Å². The number of para-hydroxylation sites is 1. The standard InChI is InChI=1S/C14H14ClFN2O/c1-2-19-13-5-3-4-12(14(13)17)18-9-6-7-10(15)11(16)8-9/h3-8,18H,2,17H2,1H3. The SMILES string of the molecule is CCOc1cccc(Nc2ccc(Cl)c(F)c2)c1N. The van der Waals surface area contributed by atoms with Crippen LogP contribution in [-0.2, 0) is 0 Å². The molecule has 0 aromatic heterocycles. The molecule has 0 radical (unpaired) electrons. The minimum absolute atomic E-state index is 0.0848. The van der Waals surface area contributed by atoms with Gasteiger partial charge in [-0.05, 0) is 37.3 Å². The molecule has 2 aromatic carbocycles. The summed E-state index contributed by atoms with van der Waals surface area (Å²) >= 11 is 5.63. The highest BCUT2D eigenvalue weighted by Gasteiger charge is 2.07. The summed E-state index contributed by atoms with van der Waals surface area (Å²) in [6, 6.07) is 9.88. The Hall–Kier alpha value is -1.94. The molecule has 0 atom stereocenters. The van der Waals surface area contributed by atoms with Gasteiger partial charge in [0, 0.05) is 5.69 Å². The van der Waals surface area contributed by atoms with Gasteiger partial charge in [0.1, 0.15) is 11.6 Å². The molecule has 0 spiro atoms. The first-order valence-corrected chi connectivity index (χ1v) is 6.23. The second-order valence-electron chi connectivity index (χ2n) is 3.90. The van der Waals surface area contributed by atoms with E-state index in [1.54, 1.807) is 18.2 Å². The Balaban J connectivity index is 2.27. The zero-order valence-electron chi connectivity index (χ0n) is 10.4. The van der Waals surface area contributed by atoms with Gasteiger partial charge in [-0.2, -0.15) is 0 Å². The largest absolute Gasteiger partial charge is 0.492 e. The molecule has 0 aliphatic heterocycles. The fraction of sp³-hybridized carbons (Fsp3) is 0.143. The van der Waals surface area contributed by atoms with Crippen molar-refractivity contribution in [3.05, 3.63) is 47.2 Å². The van der Waals surface area contributed by atoms with Gasteiger partial charge in [-0.25, -0.2) is 4.39 Å². The Morgan fingerprint density at radius 1 is 1.32 bits per heavy atom. The highest BCUT2D eigenvalue weighted by molar-refractivity contribution is 6.30. The predicted molar refractivity (Wildman–Crippen MR) is 76.7 cm³/mol. The van der Waals surface area contributed by atoms with Crippen LogP contribution in [0.4, 0.5) is 21.5 Å². The van der Waals surface area contributed by atoms with Crippen molar-refractivity contribution in [3.63, 3.8) is 0 Å². The molecule has 2 aromatic rings. The molecule has 3 N–H and O–H groups in total. The number of rotatable bonds is 4. The molecule has 0 aliphatic rings. The van der Waals surface area contributed by atoms with E-state index >= 15 is 0 Å². The van der Waals surface area contributed by atoms with Gasteiger partial charge in [0.2, 0.25) is 0 Å². The predicted octanol–water partition coefficient (Wildman–Crippen LogP) is 4.20. The Kier molecular flexibility index (Phi) is 4.12. The van der Waals surface area contributed by atoms with E-state index in [1.807, 2.05) is 13.0 Å². The summed E-state index contributed by atoms with van der Waals surface area (Å²) in [6.07, 6.45) is 0. The molecule has 0 unspecified atom stereocenters. The van der Waals surface area contributed by atoms with Crippen molar-refractivity contribution in [2.45, 2.75) is 6.92 Å². The smallest absolute Gasteiger partial charge is 0.144 e. The van der Waals surface area contributed by atoms with Crippen molar-refractivity contribution >= 4 is 28.7 Å². The molecule has 100 valence electrons. The van der Waals surface area contributed by atoms with E-state index in [0.717, 1.165) is 0 Å². The van der Waals surface area contributed by atoms with Crippen molar-refractivity contribution in [1.29, 1.82) is 0 Å². The van der Waals surface area contributed by atoms with Crippen LogP contribution < -0.4 is 15.8 Å². The van der Waals surface area contributed by atoms with Crippen molar-refractivity contribution < 1.29 is 9.13 Å². The van der Waals surface area contributed by atoms with E-state index in [0.29, 0.717) is 29.4 Å². The minimum atomic E-state index is -0.480. The summed E-state index contributed by atoms with van der Waals surface area (Å²) < 4.78 is 18.8. The fourth-order valence-electron chi connectivity index (χ4n) is 1.66. The monoisotopic (exact) mass is 280 g/mol. The Bertz CT molecular complexity index is 590.